The number of rotatable bonds is 9. The number of carbonyl (C=O) groups is 3. The number of pyridine rings is 1. The van der Waals surface area contributed by atoms with Gasteiger partial charge in [0.25, 0.3) is 0 Å². The highest BCUT2D eigenvalue weighted by Crippen LogP contribution is 2.47. The third-order valence-corrected chi connectivity index (χ3v) is 9.56. The maximum absolute atomic E-state index is 13.8. The van der Waals surface area contributed by atoms with Crippen molar-refractivity contribution in [2.24, 2.45) is 5.92 Å². The fourth-order valence-corrected chi connectivity index (χ4v) is 7.01. The van der Waals surface area contributed by atoms with E-state index >= 15 is 0 Å². The minimum Gasteiger partial charge on any atom is -0.496 e. The molecule has 2 aliphatic rings. The first-order chi connectivity index (χ1) is 21.7. The van der Waals surface area contributed by atoms with E-state index < -0.39 is 41.3 Å². The van der Waals surface area contributed by atoms with Gasteiger partial charge in [-0.25, -0.2) is 19.6 Å². The van der Waals surface area contributed by atoms with Crippen LogP contribution in [-0.4, -0.2) is 76.9 Å². The van der Waals surface area contributed by atoms with E-state index in [0.29, 0.717) is 35.6 Å². The number of carbonyl (C=O) groups excluding carboxylic acids is 3. The average Bonchev–Trinajstić information content (AvgIpc) is 3.31. The number of aromatic nitrogens is 2. The molecule has 4 unspecified atom stereocenters. The van der Waals surface area contributed by atoms with Crippen LogP contribution in [0.5, 0.6) is 11.5 Å². The van der Waals surface area contributed by atoms with Gasteiger partial charge in [0.15, 0.2) is 0 Å². The van der Waals surface area contributed by atoms with E-state index in [9.17, 15) is 14.4 Å². The van der Waals surface area contributed by atoms with E-state index in [1.165, 1.54) is 23.3 Å². The van der Waals surface area contributed by atoms with Crippen molar-refractivity contribution in [2.75, 3.05) is 20.8 Å². The van der Waals surface area contributed by atoms with Crippen LogP contribution in [0.15, 0.2) is 23.6 Å². The minimum atomic E-state index is -1.09. The molecule has 3 aromatic rings. The quantitative estimate of drug-likeness (QED) is 0.276. The van der Waals surface area contributed by atoms with Crippen LogP contribution in [0.1, 0.15) is 78.0 Å². The number of hydrogen-bond donors (Lipinski definition) is 1. The summed E-state index contributed by atoms with van der Waals surface area (Å²) in [6, 6.07) is 4.72. The van der Waals surface area contributed by atoms with Gasteiger partial charge in [0.1, 0.15) is 45.5 Å². The first-order valence-corrected chi connectivity index (χ1v) is 16.6. The van der Waals surface area contributed by atoms with Gasteiger partial charge in [-0.05, 0) is 58.1 Å². The zero-order valence-electron chi connectivity index (χ0n) is 28.1. The second kappa shape index (κ2) is 12.7. The Labute approximate surface area is 274 Å². The van der Waals surface area contributed by atoms with Crippen LogP contribution < -0.4 is 14.8 Å². The molecular weight excluding hydrogens is 608 g/mol. The molecule has 46 heavy (non-hydrogen) atoms. The summed E-state index contributed by atoms with van der Waals surface area (Å²) in [5.41, 5.74) is 1.34. The van der Waals surface area contributed by atoms with Crippen molar-refractivity contribution in [2.45, 2.75) is 96.9 Å². The zero-order valence-corrected chi connectivity index (χ0v) is 28.9. The van der Waals surface area contributed by atoms with Gasteiger partial charge < -0.3 is 24.3 Å². The minimum absolute atomic E-state index is 0.0313. The number of fused-ring (bicyclic) bond motifs is 1. The second-order valence-electron chi connectivity index (χ2n) is 13.4. The van der Waals surface area contributed by atoms with Crippen LogP contribution in [0, 0.1) is 12.8 Å². The zero-order chi connectivity index (χ0) is 33.6. The van der Waals surface area contributed by atoms with E-state index in [0.717, 1.165) is 21.7 Å². The summed E-state index contributed by atoms with van der Waals surface area (Å²) in [6.45, 7) is 13.5. The monoisotopic (exact) mass is 652 g/mol. The van der Waals surface area contributed by atoms with Gasteiger partial charge in [-0.1, -0.05) is 27.2 Å². The molecule has 1 saturated heterocycles. The predicted molar refractivity (Wildman–Crippen MR) is 175 cm³/mol. The number of nitrogens with one attached hydrogen (secondary N) is 1. The van der Waals surface area contributed by atoms with Crippen molar-refractivity contribution < 1.29 is 33.3 Å². The molecule has 0 radical (unpaired) electrons. The summed E-state index contributed by atoms with van der Waals surface area (Å²) >= 11 is 1.52. The smallest absolute Gasteiger partial charge is 0.411 e. The number of hydrogen-bond acceptors (Lipinski definition) is 10. The standard InChI is InChI=1S/C34H44N4O7S/c1-10-20-15-34(20,31(40)43-9)37-29(39)25-13-21(16-38(25)32(41)45-33(5,6)7)44-27-14-23(30-36-24(17-46-30)18(2)3)35-28-19(4)26(42-8)12-11-22(27)28/h11-12,14,17-18,20-21,25H,10,13,15-16H2,1-9H3,(H,37,39). The van der Waals surface area contributed by atoms with E-state index in [1.807, 2.05) is 37.4 Å². The highest BCUT2D eigenvalue weighted by molar-refractivity contribution is 7.13. The summed E-state index contributed by atoms with van der Waals surface area (Å²) in [5, 5.41) is 6.51. The molecular formula is C34H44N4O7S. The molecule has 1 aliphatic heterocycles. The predicted octanol–water partition coefficient (Wildman–Crippen LogP) is 6.01. The van der Waals surface area contributed by atoms with Gasteiger partial charge in [-0.3, -0.25) is 9.69 Å². The largest absolute Gasteiger partial charge is 0.496 e. The van der Waals surface area contributed by atoms with E-state index in [1.54, 1.807) is 27.9 Å². The Hall–Kier alpha value is -3.93. The van der Waals surface area contributed by atoms with Crippen molar-refractivity contribution in [1.82, 2.24) is 20.2 Å². The van der Waals surface area contributed by atoms with Gasteiger partial charge >= 0.3 is 12.1 Å². The maximum Gasteiger partial charge on any atom is 0.411 e. The Balaban J connectivity index is 1.50. The lowest BCUT2D eigenvalue weighted by Gasteiger charge is -2.28. The number of nitrogens with zero attached hydrogens (tertiary/aromatic N) is 3. The molecule has 248 valence electrons. The third kappa shape index (κ3) is 6.49. The van der Waals surface area contributed by atoms with Gasteiger partial charge in [-0.15, -0.1) is 11.3 Å². The molecule has 11 nitrogen and oxygen atoms in total. The van der Waals surface area contributed by atoms with Crippen LogP contribution in [-0.2, 0) is 19.1 Å². The van der Waals surface area contributed by atoms with Gasteiger partial charge in [-0.2, -0.15) is 0 Å². The second-order valence-corrected chi connectivity index (χ2v) is 14.3. The highest BCUT2D eigenvalue weighted by Gasteiger charge is 2.62. The lowest BCUT2D eigenvalue weighted by molar-refractivity contribution is -0.147. The summed E-state index contributed by atoms with van der Waals surface area (Å²) in [4.78, 5) is 51.2. The average molecular weight is 653 g/mol. The molecule has 12 heteroatoms. The van der Waals surface area contributed by atoms with E-state index in [4.69, 9.17) is 28.9 Å². The number of likely N-dealkylation sites (tertiary alicyclic amines) is 1. The Kier molecular flexibility index (Phi) is 9.23. The lowest BCUT2D eigenvalue weighted by Crippen LogP contribution is -2.53. The molecule has 2 fully saturated rings. The van der Waals surface area contributed by atoms with Crippen LogP contribution >= 0.6 is 11.3 Å². The van der Waals surface area contributed by atoms with Gasteiger partial charge in [0.05, 0.1) is 32.0 Å². The fourth-order valence-electron chi connectivity index (χ4n) is 6.07. The van der Waals surface area contributed by atoms with Crippen LogP contribution in [0.4, 0.5) is 4.79 Å². The van der Waals surface area contributed by atoms with Gasteiger partial charge in [0.2, 0.25) is 5.91 Å². The molecule has 2 amide bonds. The van der Waals surface area contributed by atoms with Crippen LogP contribution in [0.3, 0.4) is 0 Å². The molecule has 1 aliphatic carbocycles. The van der Waals surface area contributed by atoms with Crippen molar-refractivity contribution in [3.05, 3.63) is 34.8 Å². The number of esters is 1. The van der Waals surface area contributed by atoms with E-state index in [-0.39, 0.29) is 24.8 Å². The summed E-state index contributed by atoms with van der Waals surface area (Å²) in [7, 11) is 2.93. The number of ether oxygens (including phenoxy) is 4. The highest BCUT2D eigenvalue weighted by atomic mass is 32.1. The van der Waals surface area contributed by atoms with Crippen molar-refractivity contribution in [3.8, 4) is 22.2 Å². The summed E-state index contributed by atoms with van der Waals surface area (Å²) in [6.07, 6.45) is 0.217. The van der Waals surface area contributed by atoms with E-state index in [2.05, 4.69) is 19.2 Å². The first-order valence-electron chi connectivity index (χ1n) is 15.7. The molecule has 0 spiro atoms. The molecule has 5 rings (SSSR count). The number of aryl methyl sites for hydroxylation is 1. The molecule has 0 bridgehead atoms. The van der Waals surface area contributed by atoms with Crippen molar-refractivity contribution in [3.63, 3.8) is 0 Å². The molecule has 1 N–H and O–H groups in total. The summed E-state index contributed by atoms with van der Waals surface area (Å²) in [5.74, 6) is 0.571. The Morgan fingerprint density at radius 3 is 2.48 bits per heavy atom. The SMILES string of the molecule is CCC1CC1(NC(=O)C1CC(Oc2cc(-c3nc(C(C)C)cs3)nc3c(C)c(OC)ccc23)CN1C(=O)OC(C)(C)C)C(=O)OC. The molecule has 1 saturated carbocycles. The van der Waals surface area contributed by atoms with Crippen molar-refractivity contribution >= 4 is 40.2 Å². The maximum atomic E-state index is 13.8. The molecule has 3 heterocycles. The number of thiazole rings is 1. The molecule has 1 aromatic carbocycles. The normalized spacial score (nSPS) is 22.6. The Bertz CT molecular complexity index is 1650. The fraction of sp³-hybridized carbons (Fsp3) is 0.559. The topological polar surface area (TPSA) is 129 Å². The third-order valence-electron chi connectivity index (χ3n) is 8.68. The number of benzene rings is 1. The molecule has 2 aromatic heterocycles. The first kappa shape index (κ1) is 33.4. The van der Waals surface area contributed by atoms with Crippen LogP contribution in [0.2, 0.25) is 0 Å². The molecule has 4 atom stereocenters. The lowest BCUT2D eigenvalue weighted by atomic mass is 10.1. The Morgan fingerprint density at radius 1 is 1.15 bits per heavy atom. The summed E-state index contributed by atoms with van der Waals surface area (Å²) < 4.78 is 23.0. The number of amides is 2. The van der Waals surface area contributed by atoms with Gasteiger partial charge in [0, 0.05) is 28.8 Å². The van der Waals surface area contributed by atoms with Crippen LogP contribution in [0.25, 0.3) is 21.6 Å². The van der Waals surface area contributed by atoms with Crippen molar-refractivity contribution in [1.29, 1.82) is 0 Å². The number of methoxy groups -OCH3 is 2. The Morgan fingerprint density at radius 2 is 1.89 bits per heavy atom.